The highest BCUT2D eigenvalue weighted by Gasteiger charge is 2.13. The lowest BCUT2D eigenvalue weighted by Crippen LogP contribution is -2.33. The molecule has 152 valence electrons. The molecule has 0 atom stereocenters. The molecular weight excluding hydrogens is 396 g/mol. The summed E-state index contributed by atoms with van der Waals surface area (Å²) in [7, 11) is 0. The number of hydrogen-bond acceptors (Lipinski definition) is 2. The zero-order valence-electron chi connectivity index (χ0n) is 17.1. The standard InChI is InChI=1S/C28H18N2O2/c31-27-24-16-15-20(22-13-5-9-18-7-1-3-11-21(18)22)17-25(24)29-28(32)30(27)26-14-6-10-19-8-2-4-12-23(19)26/h1-17H,(H,29,32). The molecule has 1 heterocycles. The Balaban J connectivity index is 1.60. The zero-order valence-corrected chi connectivity index (χ0v) is 17.1. The van der Waals surface area contributed by atoms with Gasteiger partial charge in [0.1, 0.15) is 0 Å². The molecule has 0 spiro atoms. The summed E-state index contributed by atoms with van der Waals surface area (Å²) in [6.07, 6.45) is 0. The van der Waals surface area contributed by atoms with E-state index in [1.54, 1.807) is 12.1 Å². The first-order valence-corrected chi connectivity index (χ1v) is 10.5. The molecule has 0 aliphatic carbocycles. The van der Waals surface area contributed by atoms with Gasteiger partial charge in [-0.1, -0.05) is 84.9 Å². The van der Waals surface area contributed by atoms with Crippen molar-refractivity contribution in [3.63, 3.8) is 0 Å². The third-order valence-corrected chi connectivity index (χ3v) is 6.01. The van der Waals surface area contributed by atoms with Crippen LogP contribution in [0.15, 0.2) is 113 Å². The Morgan fingerprint density at radius 2 is 1.25 bits per heavy atom. The van der Waals surface area contributed by atoms with Crippen LogP contribution in [0.3, 0.4) is 0 Å². The van der Waals surface area contributed by atoms with Crippen LogP contribution in [0.4, 0.5) is 0 Å². The number of benzene rings is 5. The van der Waals surface area contributed by atoms with Crippen LogP contribution >= 0.6 is 0 Å². The Morgan fingerprint density at radius 3 is 2.06 bits per heavy atom. The second kappa shape index (κ2) is 7.06. The maximum absolute atomic E-state index is 13.4. The average Bonchev–Trinajstić information content (AvgIpc) is 2.83. The van der Waals surface area contributed by atoms with Crippen LogP contribution in [0.1, 0.15) is 0 Å². The number of fused-ring (bicyclic) bond motifs is 3. The van der Waals surface area contributed by atoms with Gasteiger partial charge in [0, 0.05) is 5.39 Å². The van der Waals surface area contributed by atoms with E-state index in [2.05, 4.69) is 29.2 Å². The highest BCUT2D eigenvalue weighted by atomic mass is 16.2. The number of rotatable bonds is 2. The molecule has 0 saturated carbocycles. The fourth-order valence-corrected chi connectivity index (χ4v) is 4.48. The quantitative estimate of drug-likeness (QED) is 0.398. The minimum absolute atomic E-state index is 0.329. The smallest absolute Gasteiger partial charge is 0.306 e. The maximum atomic E-state index is 13.4. The molecule has 0 aliphatic heterocycles. The average molecular weight is 414 g/mol. The lowest BCUT2D eigenvalue weighted by Gasteiger charge is -2.11. The third-order valence-electron chi connectivity index (χ3n) is 6.01. The molecule has 6 aromatic rings. The molecule has 0 amide bonds. The van der Waals surface area contributed by atoms with Crippen LogP contribution < -0.4 is 11.2 Å². The van der Waals surface area contributed by atoms with Crippen molar-refractivity contribution < 1.29 is 0 Å². The Kier molecular flexibility index (Phi) is 4.05. The van der Waals surface area contributed by atoms with Gasteiger partial charge in [-0.25, -0.2) is 9.36 Å². The van der Waals surface area contributed by atoms with Gasteiger partial charge in [0.05, 0.1) is 16.6 Å². The highest BCUT2D eigenvalue weighted by Crippen LogP contribution is 2.30. The van der Waals surface area contributed by atoms with Crippen LogP contribution in [0.2, 0.25) is 0 Å². The number of hydrogen-bond donors (Lipinski definition) is 1. The fourth-order valence-electron chi connectivity index (χ4n) is 4.48. The largest absolute Gasteiger partial charge is 0.333 e. The first-order chi connectivity index (χ1) is 15.7. The molecule has 4 heteroatoms. The van der Waals surface area contributed by atoms with Gasteiger partial charge >= 0.3 is 5.69 Å². The van der Waals surface area contributed by atoms with E-state index in [9.17, 15) is 9.59 Å². The van der Waals surface area contributed by atoms with Crippen molar-refractivity contribution in [3.8, 4) is 16.8 Å². The second-order valence-electron chi connectivity index (χ2n) is 7.86. The summed E-state index contributed by atoms with van der Waals surface area (Å²) in [5.41, 5.74) is 2.34. The summed E-state index contributed by atoms with van der Waals surface area (Å²) in [4.78, 5) is 29.4. The van der Waals surface area contributed by atoms with Gasteiger partial charge in [0.25, 0.3) is 5.56 Å². The molecule has 0 bridgehead atoms. The number of aromatic nitrogens is 2. The van der Waals surface area contributed by atoms with Crippen LogP contribution in [0.25, 0.3) is 49.3 Å². The third kappa shape index (κ3) is 2.77. The Hall–Kier alpha value is -4.44. The Morgan fingerprint density at radius 1 is 0.594 bits per heavy atom. The summed E-state index contributed by atoms with van der Waals surface area (Å²) in [5.74, 6) is 0. The predicted molar refractivity (Wildman–Crippen MR) is 131 cm³/mol. The molecule has 0 aliphatic rings. The van der Waals surface area contributed by atoms with Gasteiger partial charge in [-0.15, -0.1) is 0 Å². The summed E-state index contributed by atoms with van der Waals surface area (Å²) >= 11 is 0. The van der Waals surface area contributed by atoms with Crippen molar-refractivity contribution in [1.82, 2.24) is 9.55 Å². The molecule has 1 N–H and O–H groups in total. The van der Waals surface area contributed by atoms with E-state index < -0.39 is 5.69 Å². The normalized spacial score (nSPS) is 11.4. The molecule has 0 saturated heterocycles. The van der Waals surface area contributed by atoms with Gasteiger partial charge in [0.2, 0.25) is 0 Å². The van der Waals surface area contributed by atoms with Crippen LogP contribution in [-0.2, 0) is 0 Å². The van der Waals surface area contributed by atoms with E-state index in [4.69, 9.17) is 0 Å². The second-order valence-corrected chi connectivity index (χ2v) is 7.86. The van der Waals surface area contributed by atoms with Gasteiger partial charge in [-0.3, -0.25) is 4.79 Å². The first-order valence-electron chi connectivity index (χ1n) is 10.5. The van der Waals surface area contributed by atoms with Gasteiger partial charge < -0.3 is 4.98 Å². The van der Waals surface area contributed by atoms with Gasteiger partial charge in [-0.05, 0) is 45.5 Å². The van der Waals surface area contributed by atoms with E-state index >= 15 is 0 Å². The molecule has 32 heavy (non-hydrogen) atoms. The molecule has 0 fully saturated rings. The van der Waals surface area contributed by atoms with E-state index in [0.29, 0.717) is 16.6 Å². The number of nitrogens with one attached hydrogen (secondary N) is 1. The SMILES string of the molecule is O=c1[nH]c2cc(-c3cccc4ccccc34)ccc2c(=O)n1-c1cccc2ccccc12. The predicted octanol–water partition coefficient (Wildman–Crippen LogP) is 5.65. The Labute approximate surface area is 183 Å². The maximum Gasteiger partial charge on any atom is 0.333 e. The van der Waals surface area contributed by atoms with Crippen LogP contribution in [0.5, 0.6) is 0 Å². The summed E-state index contributed by atoms with van der Waals surface area (Å²) in [6, 6.07) is 33.3. The molecule has 6 rings (SSSR count). The molecule has 4 nitrogen and oxygen atoms in total. The minimum Gasteiger partial charge on any atom is -0.306 e. The van der Waals surface area contributed by atoms with E-state index in [1.807, 2.05) is 66.7 Å². The molecule has 0 radical (unpaired) electrons. The van der Waals surface area contributed by atoms with Crippen molar-refractivity contribution in [2.75, 3.05) is 0 Å². The summed E-state index contributed by atoms with van der Waals surface area (Å²) in [5, 5.41) is 4.57. The molecule has 1 aromatic heterocycles. The van der Waals surface area contributed by atoms with Crippen molar-refractivity contribution >= 4 is 32.4 Å². The van der Waals surface area contributed by atoms with E-state index in [-0.39, 0.29) is 5.56 Å². The van der Waals surface area contributed by atoms with Crippen molar-refractivity contribution in [1.29, 1.82) is 0 Å². The van der Waals surface area contributed by atoms with E-state index in [1.165, 1.54) is 4.57 Å². The van der Waals surface area contributed by atoms with E-state index in [0.717, 1.165) is 32.7 Å². The number of nitrogens with zero attached hydrogens (tertiary/aromatic N) is 1. The highest BCUT2D eigenvalue weighted by molar-refractivity contribution is 5.98. The first kappa shape index (κ1) is 18.3. The Bertz CT molecular complexity index is 1770. The zero-order chi connectivity index (χ0) is 21.7. The number of aromatic amines is 1. The minimum atomic E-state index is -0.450. The molecular formula is C28H18N2O2. The lowest BCUT2D eigenvalue weighted by molar-refractivity contribution is 0.908. The number of H-pyrrole nitrogens is 1. The monoisotopic (exact) mass is 414 g/mol. The lowest BCUT2D eigenvalue weighted by atomic mass is 9.97. The fraction of sp³-hybridized carbons (Fsp3) is 0. The molecule has 5 aromatic carbocycles. The van der Waals surface area contributed by atoms with Crippen LogP contribution in [-0.4, -0.2) is 9.55 Å². The van der Waals surface area contributed by atoms with Gasteiger partial charge in [0.15, 0.2) is 0 Å². The summed E-state index contributed by atoms with van der Waals surface area (Å²) in [6.45, 7) is 0. The van der Waals surface area contributed by atoms with Crippen molar-refractivity contribution in [3.05, 3.63) is 124 Å². The summed E-state index contributed by atoms with van der Waals surface area (Å²) < 4.78 is 1.22. The van der Waals surface area contributed by atoms with Crippen LogP contribution in [0, 0.1) is 0 Å². The van der Waals surface area contributed by atoms with Gasteiger partial charge in [-0.2, -0.15) is 0 Å². The van der Waals surface area contributed by atoms with Crippen molar-refractivity contribution in [2.45, 2.75) is 0 Å². The topological polar surface area (TPSA) is 54.9 Å². The molecule has 0 unspecified atom stereocenters. The van der Waals surface area contributed by atoms with Crippen molar-refractivity contribution in [2.24, 2.45) is 0 Å².